The molecule has 0 saturated heterocycles. The minimum absolute atomic E-state index is 0.0802. The van der Waals surface area contributed by atoms with Gasteiger partial charge < -0.3 is 9.84 Å². The van der Waals surface area contributed by atoms with Gasteiger partial charge >= 0.3 is 5.97 Å². The van der Waals surface area contributed by atoms with Gasteiger partial charge in [0.1, 0.15) is 6.61 Å². The fourth-order valence-electron chi connectivity index (χ4n) is 1.63. The van der Waals surface area contributed by atoms with Gasteiger partial charge in [-0.3, -0.25) is 4.79 Å². The fourth-order valence-corrected chi connectivity index (χ4v) is 1.63. The van der Waals surface area contributed by atoms with Gasteiger partial charge in [-0.2, -0.15) is 0 Å². The maximum atomic E-state index is 11.0. The van der Waals surface area contributed by atoms with Crippen LogP contribution in [0.1, 0.15) is 64.7 Å². The molecule has 1 N–H and O–H groups in total. The van der Waals surface area contributed by atoms with E-state index in [9.17, 15) is 4.79 Å². The minimum Gasteiger partial charge on any atom is -0.463 e. The summed E-state index contributed by atoms with van der Waals surface area (Å²) in [6, 6.07) is 0. The Morgan fingerprint density at radius 3 is 2.12 bits per heavy atom. The summed E-state index contributed by atoms with van der Waals surface area (Å²) in [5.74, 6) is -0.181. The van der Waals surface area contributed by atoms with Crippen LogP contribution in [-0.4, -0.2) is 24.3 Å². The summed E-state index contributed by atoms with van der Waals surface area (Å²) < 4.78 is 4.76. The molecule has 0 aromatic rings. The molecule has 0 heterocycles. The molecule has 0 unspecified atom stereocenters. The summed E-state index contributed by atoms with van der Waals surface area (Å²) in [5, 5.41) is 8.45. The molecule has 0 aliphatic carbocycles. The Balaban J connectivity index is 3.05. The van der Waals surface area contributed by atoms with Gasteiger partial charge in [0.2, 0.25) is 0 Å². The average Bonchev–Trinajstić information content (AvgIpc) is 2.30. The second kappa shape index (κ2) is 12.5. The summed E-state index contributed by atoms with van der Waals surface area (Å²) in [7, 11) is 0. The molecule has 0 aliphatic heterocycles. The Hall–Kier alpha value is -0.570. The van der Waals surface area contributed by atoms with Gasteiger partial charge in [0.15, 0.2) is 0 Å². The lowest BCUT2D eigenvalue weighted by Crippen LogP contribution is -2.07. The molecule has 3 heteroatoms. The van der Waals surface area contributed by atoms with Crippen molar-refractivity contribution in [3.05, 3.63) is 0 Å². The number of hydrogen-bond acceptors (Lipinski definition) is 3. The molecular formula is C13H26O3. The van der Waals surface area contributed by atoms with E-state index in [0.29, 0.717) is 6.42 Å². The van der Waals surface area contributed by atoms with Crippen LogP contribution in [0.25, 0.3) is 0 Å². The largest absolute Gasteiger partial charge is 0.463 e. The van der Waals surface area contributed by atoms with Crippen LogP contribution >= 0.6 is 0 Å². The third-order valence-electron chi connectivity index (χ3n) is 2.59. The summed E-state index contributed by atoms with van der Waals surface area (Å²) in [5.41, 5.74) is 0. The molecule has 0 spiro atoms. The van der Waals surface area contributed by atoms with Crippen molar-refractivity contribution >= 4 is 5.97 Å². The third-order valence-corrected chi connectivity index (χ3v) is 2.59. The molecule has 0 fully saturated rings. The molecule has 0 amide bonds. The van der Waals surface area contributed by atoms with Crippen LogP contribution in [0.4, 0.5) is 0 Å². The van der Waals surface area contributed by atoms with E-state index in [1.54, 1.807) is 0 Å². The Labute approximate surface area is 99.2 Å². The Kier molecular flexibility index (Phi) is 12.1. The zero-order chi connectivity index (χ0) is 12.1. The van der Waals surface area contributed by atoms with Gasteiger partial charge in [0.05, 0.1) is 6.61 Å². The SMILES string of the molecule is CCCCCCCCCCC(=O)OCCO. The topological polar surface area (TPSA) is 46.5 Å². The third kappa shape index (κ3) is 11.5. The minimum atomic E-state index is -0.181. The van der Waals surface area contributed by atoms with Crippen LogP contribution in [0.15, 0.2) is 0 Å². The summed E-state index contributed by atoms with van der Waals surface area (Å²) in [4.78, 5) is 11.0. The van der Waals surface area contributed by atoms with Gasteiger partial charge in [0, 0.05) is 6.42 Å². The number of esters is 1. The van der Waals surface area contributed by atoms with E-state index in [2.05, 4.69) is 6.92 Å². The number of carbonyl (C=O) groups excluding carboxylic acids is 1. The average molecular weight is 230 g/mol. The molecule has 3 nitrogen and oxygen atoms in total. The Bertz CT molecular complexity index is 157. The number of aliphatic hydroxyl groups excluding tert-OH is 1. The number of hydrogen-bond donors (Lipinski definition) is 1. The first-order valence-corrected chi connectivity index (χ1v) is 6.57. The highest BCUT2D eigenvalue weighted by Crippen LogP contribution is 2.09. The number of unbranched alkanes of at least 4 members (excludes halogenated alkanes) is 7. The standard InChI is InChI=1S/C13H26O3/c1-2-3-4-5-6-7-8-9-10-13(15)16-12-11-14/h14H,2-12H2,1H3. The molecule has 0 atom stereocenters. The maximum absolute atomic E-state index is 11.0. The summed E-state index contributed by atoms with van der Waals surface area (Å²) in [6.45, 7) is 2.27. The number of carbonyl (C=O) groups is 1. The van der Waals surface area contributed by atoms with E-state index in [1.165, 1.54) is 38.5 Å². The molecule has 0 bridgehead atoms. The van der Waals surface area contributed by atoms with Crippen LogP contribution in [0, 0.1) is 0 Å². The molecule has 0 radical (unpaired) electrons. The number of rotatable bonds is 11. The fraction of sp³-hybridized carbons (Fsp3) is 0.923. The van der Waals surface area contributed by atoms with Crippen molar-refractivity contribution < 1.29 is 14.6 Å². The molecular weight excluding hydrogens is 204 g/mol. The van der Waals surface area contributed by atoms with Crippen LogP contribution in [0.2, 0.25) is 0 Å². The van der Waals surface area contributed by atoms with Gasteiger partial charge in [-0.05, 0) is 6.42 Å². The number of aliphatic hydroxyl groups is 1. The van der Waals surface area contributed by atoms with Crippen LogP contribution in [-0.2, 0) is 9.53 Å². The van der Waals surface area contributed by atoms with Crippen LogP contribution in [0.3, 0.4) is 0 Å². The number of ether oxygens (including phenoxy) is 1. The molecule has 0 aliphatic rings. The first-order chi connectivity index (χ1) is 7.81. The second-order valence-corrected chi connectivity index (χ2v) is 4.17. The highest BCUT2D eigenvalue weighted by atomic mass is 16.5. The van der Waals surface area contributed by atoms with Crippen LogP contribution < -0.4 is 0 Å². The maximum Gasteiger partial charge on any atom is 0.305 e. The molecule has 0 aromatic carbocycles. The van der Waals surface area contributed by atoms with Gasteiger partial charge in [-0.1, -0.05) is 51.9 Å². The molecule has 0 aromatic heterocycles. The molecule has 96 valence electrons. The zero-order valence-electron chi connectivity index (χ0n) is 10.5. The van der Waals surface area contributed by atoms with Crippen molar-refractivity contribution in [1.29, 1.82) is 0 Å². The predicted octanol–water partition coefficient (Wildman–Crippen LogP) is 3.05. The van der Waals surface area contributed by atoms with E-state index in [0.717, 1.165) is 12.8 Å². The molecule has 0 rings (SSSR count). The quantitative estimate of drug-likeness (QED) is 0.438. The zero-order valence-corrected chi connectivity index (χ0v) is 10.5. The van der Waals surface area contributed by atoms with Crippen molar-refractivity contribution in [2.75, 3.05) is 13.2 Å². The van der Waals surface area contributed by atoms with Crippen molar-refractivity contribution in [3.63, 3.8) is 0 Å². The summed E-state index contributed by atoms with van der Waals surface area (Å²) in [6.07, 6.45) is 10.3. The lowest BCUT2D eigenvalue weighted by molar-refractivity contribution is -0.144. The van der Waals surface area contributed by atoms with Gasteiger partial charge in [0.25, 0.3) is 0 Å². The van der Waals surface area contributed by atoms with Crippen molar-refractivity contribution in [2.24, 2.45) is 0 Å². The lowest BCUT2D eigenvalue weighted by Gasteiger charge is -2.03. The second-order valence-electron chi connectivity index (χ2n) is 4.17. The summed E-state index contributed by atoms with van der Waals surface area (Å²) >= 11 is 0. The van der Waals surface area contributed by atoms with Crippen molar-refractivity contribution in [3.8, 4) is 0 Å². The highest BCUT2D eigenvalue weighted by molar-refractivity contribution is 5.69. The van der Waals surface area contributed by atoms with E-state index >= 15 is 0 Å². The molecule has 0 saturated carbocycles. The van der Waals surface area contributed by atoms with E-state index in [1.807, 2.05) is 0 Å². The van der Waals surface area contributed by atoms with Crippen LogP contribution in [0.5, 0.6) is 0 Å². The monoisotopic (exact) mass is 230 g/mol. The first kappa shape index (κ1) is 15.4. The lowest BCUT2D eigenvalue weighted by atomic mass is 10.1. The van der Waals surface area contributed by atoms with Gasteiger partial charge in [-0.25, -0.2) is 0 Å². The van der Waals surface area contributed by atoms with Crippen molar-refractivity contribution in [1.82, 2.24) is 0 Å². The predicted molar refractivity (Wildman–Crippen MR) is 65.3 cm³/mol. The van der Waals surface area contributed by atoms with Gasteiger partial charge in [-0.15, -0.1) is 0 Å². The van der Waals surface area contributed by atoms with E-state index in [-0.39, 0.29) is 19.2 Å². The van der Waals surface area contributed by atoms with Crippen molar-refractivity contribution in [2.45, 2.75) is 64.7 Å². The Morgan fingerprint density at radius 2 is 1.56 bits per heavy atom. The smallest absolute Gasteiger partial charge is 0.305 e. The highest BCUT2D eigenvalue weighted by Gasteiger charge is 2.01. The van der Waals surface area contributed by atoms with E-state index in [4.69, 9.17) is 9.84 Å². The Morgan fingerprint density at radius 1 is 1.00 bits per heavy atom. The van der Waals surface area contributed by atoms with E-state index < -0.39 is 0 Å². The molecule has 16 heavy (non-hydrogen) atoms. The normalized spacial score (nSPS) is 10.4. The first-order valence-electron chi connectivity index (χ1n) is 6.57.